The summed E-state index contributed by atoms with van der Waals surface area (Å²) in [6.45, 7) is 2.85. The van der Waals surface area contributed by atoms with Crippen molar-refractivity contribution in [2.75, 3.05) is 19.6 Å². The maximum atomic E-state index is 10.5. The second-order valence-corrected chi connectivity index (χ2v) is 2.70. The predicted molar refractivity (Wildman–Crippen MR) is 48.7 cm³/mol. The topological polar surface area (TPSA) is 110 Å². The molecule has 1 atom stereocenters. The number of hydrogen-bond acceptors (Lipinski definition) is 4. The number of primary amides is 1. The third-order valence-electron chi connectivity index (χ3n) is 1.41. The largest absolute Gasteiger partial charge is 0.368 e. The van der Waals surface area contributed by atoms with Crippen molar-refractivity contribution in [1.29, 1.82) is 0 Å². The quantitative estimate of drug-likeness (QED) is 0.346. The Morgan fingerprint density at radius 1 is 1.38 bits per heavy atom. The lowest BCUT2D eigenvalue weighted by molar-refractivity contribution is -0.120. The van der Waals surface area contributed by atoms with Crippen molar-refractivity contribution in [3.05, 3.63) is 0 Å². The first-order valence-corrected chi connectivity index (χ1v) is 4.04. The first-order chi connectivity index (χ1) is 6.04. The summed E-state index contributed by atoms with van der Waals surface area (Å²) in [5.74, 6) is -0.618. The van der Waals surface area contributed by atoms with Gasteiger partial charge < -0.3 is 22.1 Å². The molecule has 0 aliphatic carbocycles. The van der Waals surface area contributed by atoms with Crippen molar-refractivity contribution in [2.24, 2.45) is 11.5 Å². The molecule has 0 fully saturated rings. The van der Waals surface area contributed by atoms with Gasteiger partial charge in [0.25, 0.3) is 0 Å². The van der Waals surface area contributed by atoms with Crippen molar-refractivity contribution < 1.29 is 9.59 Å². The highest BCUT2D eigenvalue weighted by Gasteiger charge is 2.06. The zero-order valence-corrected chi connectivity index (χ0v) is 7.67. The van der Waals surface area contributed by atoms with Gasteiger partial charge in [-0.05, 0) is 0 Å². The van der Waals surface area contributed by atoms with E-state index in [1.807, 2.05) is 0 Å². The van der Waals surface area contributed by atoms with Crippen LogP contribution in [0.25, 0.3) is 0 Å². The average molecular weight is 188 g/mol. The van der Waals surface area contributed by atoms with Gasteiger partial charge in [-0.3, -0.25) is 9.59 Å². The Morgan fingerprint density at radius 3 is 2.46 bits per heavy atom. The van der Waals surface area contributed by atoms with Crippen molar-refractivity contribution in [3.63, 3.8) is 0 Å². The summed E-state index contributed by atoms with van der Waals surface area (Å²) < 4.78 is 0. The van der Waals surface area contributed by atoms with Crippen LogP contribution in [0.2, 0.25) is 0 Å². The molecular weight excluding hydrogens is 172 g/mol. The monoisotopic (exact) mass is 188 g/mol. The maximum absolute atomic E-state index is 10.5. The van der Waals surface area contributed by atoms with E-state index in [-0.39, 0.29) is 5.91 Å². The van der Waals surface area contributed by atoms with E-state index in [0.29, 0.717) is 19.6 Å². The summed E-state index contributed by atoms with van der Waals surface area (Å²) in [5, 5.41) is 5.47. The van der Waals surface area contributed by atoms with Crippen molar-refractivity contribution in [2.45, 2.75) is 13.0 Å². The van der Waals surface area contributed by atoms with E-state index < -0.39 is 11.9 Å². The zero-order valence-electron chi connectivity index (χ0n) is 7.67. The van der Waals surface area contributed by atoms with Crippen LogP contribution in [-0.4, -0.2) is 37.5 Å². The van der Waals surface area contributed by atoms with Crippen LogP contribution in [0.1, 0.15) is 6.92 Å². The van der Waals surface area contributed by atoms with Gasteiger partial charge >= 0.3 is 0 Å². The number of carbonyl (C=O) groups excluding carboxylic acids is 2. The normalized spacial score (nSPS) is 12.2. The minimum atomic E-state index is -0.669. The second kappa shape index (κ2) is 6.38. The second-order valence-electron chi connectivity index (χ2n) is 2.70. The van der Waals surface area contributed by atoms with Crippen molar-refractivity contribution in [3.8, 4) is 0 Å². The minimum Gasteiger partial charge on any atom is -0.368 e. The molecule has 0 bridgehead atoms. The van der Waals surface area contributed by atoms with Crippen LogP contribution in [0.3, 0.4) is 0 Å². The summed E-state index contributed by atoms with van der Waals surface area (Å²) in [4.78, 5) is 20.9. The molecule has 0 heterocycles. The highest BCUT2D eigenvalue weighted by atomic mass is 16.1. The Hall–Kier alpha value is -1.14. The molecule has 2 amide bonds. The van der Waals surface area contributed by atoms with E-state index in [9.17, 15) is 9.59 Å². The summed E-state index contributed by atoms with van der Waals surface area (Å²) in [5.41, 5.74) is 10.3. The molecule has 6 heteroatoms. The Kier molecular flexibility index (Phi) is 5.82. The number of amides is 2. The smallest absolute Gasteiger partial charge is 0.235 e. The highest BCUT2D eigenvalue weighted by molar-refractivity contribution is 5.79. The summed E-state index contributed by atoms with van der Waals surface area (Å²) in [7, 11) is 0. The van der Waals surface area contributed by atoms with Gasteiger partial charge in [0.15, 0.2) is 0 Å². The molecule has 0 saturated heterocycles. The Balaban J connectivity index is 3.26. The minimum absolute atomic E-state index is 0.0824. The first-order valence-electron chi connectivity index (χ1n) is 4.04. The molecule has 0 aliphatic heterocycles. The van der Waals surface area contributed by atoms with E-state index in [2.05, 4.69) is 10.6 Å². The molecule has 0 radical (unpaired) electrons. The Bertz CT molecular complexity index is 183. The number of hydrogen-bond donors (Lipinski definition) is 4. The lowest BCUT2D eigenvalue weighted by Gasteiger charge is -2.08. The van der Waals surface area contributed by atoms with Gasteiger partial charge in [-0.2, -0.15) is 0 Å². The van der Waals surface area contributed by atoms with Crippen LogP contribution in [0.15, 0.2) is 0 Å². The standard InChI is InChI=1S/C7H16N4O2/c1-5(12)11-3-2-10-4-6(8)7(9)13/h6,10H,2-4,8H2,1H3,(H2,9,13)(H,11,12). The third-order valence-corrected chi connectivity index (χ3v) is 1.41. The van der Waals surface area contributed by atoms with Crippen LogP contribution in [-0.2, 0) is 9.59 Å². The average Bonchev–Trinajstić information content (AvgIpc) is 2.02. The van der Waals surface area contributed by atoms with Gasteiger partial charge in [-0.15, -0.1) is 0 Å². The lowest BCUT2D eigenvalue weighted by Crippen LogP contribution is -2.45. The fourth-order valence-electron chi connectivity index (χ4n) is 0.685. The molecule has 6 N–H and O–H groups in total. The van der Waals surface area contributed by atoms with Gasteiger partial charge in [-0.25, -0.2) is 0 Å². The van der Waals surface area contributed by atoms with Gasteiger partial charge in [0, 0.05) is 26.6 Å². The summed E-state index contributed by atoms with van der Waals surface area (Å²) >= 11 is 0. The van der Waals surface area contributed by atoms with Crippen LogP contribution in [0.5, 0.6) is 0 Å². The molecule has 6 nitrogen and oxygen atoms in total. The molecule has 0 aromatic heterocycles. The molecule has 0 aromatic rings. The maximum Gasteiger partial charge on any atom is 0.235 e. The highest BCUT2D eigenvalue weighted by Crippen LogP contribution is 1.71. The zero-order chi connectivity index (χ0) is 10.3. The molecule has 0 rings (SSSR count). The van der Waals surface area contributed by atoms with Crippen molar-refractivity contribution in [1.82, 2.24) is 10.6 Å². The molecular formula is C7H16N4O2. The van der Waals surface area contributed by atoms with E-state index in [1.54, 1.807) is 0 Å². The van der Waals surface area contributed by atoms with E-state index in [1.165, 1.54) is 6.92 Å². The SMILES string of the molecule is CC(=O)NCCNCC(N)C(N)=O. The van der Waals surface area contributed by atoms with Gasteiger partial charge in [-0.1, -0.05) is 0 Å². The van der Waals surface area contributed by atoms with Gasteiger partial charge in [0.2, 0.25) is 11.8 Å². The molecule has 76 valence electrons. The fraction of sp³-hybridized carbons (Fsp3) is 0.714. The van der Waals surface area contributed by atoms with Crippen LogP contribution in [0.4, 0.5) is 0 Å². The van der Waals surface area contributed by atoms with Crippen LogP contribution in [0, 0.1) is 0 Å². The predicted octanol–water partition coefficient (Wildman–Crippen LogP) is -2.48. The number of nitrogens with two attached hydrogens (primary N) is 2. The first kappa shape index (κ1) is 11.9. The van der Waals surface area contributed by atoms with Gasteiger partial charge in [0.1, 0.15) is 0 Å². The van der Waals surface area contributed by atoms with E-state index >= 15 is 0 Å². The third kappa shape index (κ3) is 7.23. The molecule has 13 heavy (non-hydrogen) atoms. The van der Waals surface area contributed by atoms with Gasteiger partial charge in [0.05, 0.1) is 6.04 Å². The lowest BCUT2D eigenvalue weighted by atomic mass is 10.3. The molecule has 0 saturated carbocycles. The van der Waals surface area contributed by atoms with E-state index in [0.717, 1.165) is 0 Å². The molecule has 0 aromatic carbocycles. The Labute approximate surface area is 77.0 Å². The molecule has 0 aliphatic rings. The number of rotatable bonds is 6. The molecule has 1 unspecified atom stereocenters. The van der Waals surface area contributed by atoms with Crippen molar-refractivity contribution >= 4 is 11.8 Å². The van der Waals surface area contributed by atoms with E-state index in [4.69, 9.17) is 11.5 Å². The Morgan fingerprint density at radius 2 is 2.00 bits per heavy atom. The summed E-state index contributed by atoms with van der Waals surface area (Å²) in [6, 6.07) is -0.669. The number of carbonyl (C=O) groups is 2. The fourth-order valence-corrected chi connectivity index (χ4v) is 0.685. The summed E-state index contributed by atoms with van der Waals surface area (Å²) in [6.07, 6.45) is 0. The van der Waals surface area contributed by atoms with Crippen LogP contribution < -0.4 is 22.1 Å². The molecule has 0 spiro atoms. The number of nitrogens with one attached hydrogen (secondary N) is 2. The van der Waals surface area contributed by atoms with Crippen LogP contribution >= 0.6 is 0 Å².